The Morgan fingerprint density at radius 2 is 1.03 bits per heavy atom. The fraction of sp³-hybridized carbons (Fsp3) is 0.133. The van der Waals surface area contributed by atoms with Crippen molar-refractivity contribution in [2.24, 2.45) is 0 Å². The van der Waals surface area contributed by atoms with Crippen LogP contribution in [-0.2, 0) is 12.8 Å². The van der Waals surface area contributed by atoms with Crippen LogP contribution in [0.15, 0.2) is 103 Å². The lowest BCUT2D eigenvalue weighted by atomic mass is 9.98. The first-order valence-electron chi connectivity index (χ1n) is 11.6. The summed E-state index contributed by atoms with van der Waals surface area (Å²) in [4.78, 5) is 0. The molecule has 3 heteroatoms. The van der Waals surface area contributed by atoms with Crippen LogP contribution in [0.4, 0.5) is 0 Å². The molecule has 0 spiro atoms. The molecule has 0 bridgehead atoms. The number of hydrogen-bond donors (Lipinski definition) is 0. The highest BCUT2D eigenvalue weighted by Crippen LogP contribution is 2.36. The van der Waals surface area contributed by atoms with E-state index in [0.717, 1.165) is 41.2 Å². The van der Waals surface area contributed by atoms with Gasteiger partial charge in [0, 0.05) is 11.1 Å². The van der Waals surface area contributed by atoms with Gasteiger partial charge in [-0.05, 0) is 35.1 Å². The summed E-state index contributed by atoms with van der Waals surface area (Å²) in [6.07, 6.45) is 1.88. The molecule has 0 N–H and O–H groups in total. The van der Waals surface area contributed by atoms with E-state index >= 15 is 0 Å². The smallest absolute Gasteiger partial charge is 0.169 e. The van der Waals surface area contributed by atoms with Gasteiger partial charge in [0.25, 0.3) is 0 Å². The lowest BCUT2D eigenvalue weighted by Gasteiger charge is -2.19. The molecule has 0 saturated carbocycles. The normalized spacial score (nSPS) is 11.0. The summed E-state index contributed by atoms with van der Waals surface area (Å²) in [7, 11) is 0. The molecular formula is C30H27N3. The summed E-state index contributed by atoms with van der Waals surface area (Å²) in [5, 5.41) is 9.53. The summed E-state index contributed by atoms with van der Waals surface area (Å²) in [5.41, 5.74) is 8.24. The van der Waals surface area contributed by atoms with Crippen molar-refractivity contribution < 1.29 is 0 Å². The van der Waals surface area contributed by atoms with Gasteiger partial charge >= 0.3 is 0 Å². The summed E-state index contributed by atoms with van der Waals surface area (Å²) >= 11 is 0. The molecule has 0 fully saturated rings. The highest BCUT2D eigenvalue weighted by Gasteiger charge is 2.22. The molecule has 3 nitrogen and oxygen atoms in total. The molecule has 0 amide bonds. The number of aromatic nitrogens is 3. The molecule has 0 aliphatic carbocycles. The molecular weight excluding hydrogens is 402 g/mol. The molecule has 1 heterocycles. The average Bonchev–Trinajstić information content (AvgIpc) is 3.33. The van der Waals surface area contributed by atoms with Crippen molar-refractivity contribution in [1.82, 2.24) is 14.8 Å². The van der Waals surface area contributed by atoms with Crippen LogP contribution < -0.4 is 0 Å². The quantitative estimate of drug-likeness (QED) is 0.282. The number of benzene rings is 4. The minimum Gasteiger partial charge on any atom is -0.274 e. The number of para-hydroxylation sites is 1. The fourth-order valence-electron chi connectivity index (χ4n) is 4.49. The van der Waals surface area contributed by atoms with E-state index in [-0.39, 0.29) is 0 Å². The zero-order valence-corrected chi connectivity index (χ0v) is 19.1. The first-order chi connectivity index (χ1) is 16.3. The van der Waals surface area contributed by atoms with Crippen LogP contribution in [-0.4, -0.2) is 14.8 Å². The van der Waals surface area contributed by atoms with Gasteiger partial charge < -0.3 is 0 Å². The molecule has 1 aromatic heterocycles. The van der Waals surface area contributed by atoms with Crippen molar-refractivity contribution >= 4 is 0 Å². The third-order valence-corrected chi connectivity index (χ3v) is 6.14. The monoisotopic (exact) mass is 429 g/mol. The lowest BCUT2D eigenvalue weighted by molar-refractivity contribution is 0.972. The van der Waals surface area contributed by atoms with Gasteiger partial charge in [-0.2, -0.15) is 0 Å². The van der Waals surface area contributed by atoms with Crippen LogP contribution in [0.5, 0.6) is 0 Å². The highest BCUT2D eigenvalue weighted by molar-refractivity contribution is 5.82. The van der Waals surface area contributed by atoms with Crippen molar-refractivity contribution in [2.75, 3.05) is 0 Å². The average molecular weight is 430 g/mol. The van der Waals surface area contributed by atoms with E-state index in [2.05, 4.69) is 109 Å². The third kappa shape index (κ3) is 3.87. The van der Waals surface area contributed by atoms with E-state index in [4.69, 9.17) is 10.2 Å². The van der Waals surface area contributed by atoms with Crippen LogP contribution >= 0.6 is 0 Å². The molecule has 5 rings (SSSR count). The maximum absolute atomic E-state index is 4.79. The van der Waals surface area contributed by atoms with Crippen molar-refractivity contribution in [3.8, 4) is 39.6 Å². The molecule has 0 radical (unpaired) electrons. The van der Waals surface area contributed by atoms with Gasteiger partial charge in [0.05, 0.1) is 5.69 Å². The number of rotatable bonds is 6. The van der Waals surface area contributed by atoms with E-state index in [0.29, 0.717) is 0 Å². The van der Waals surface area contributed by atoms with E-state index in [1.54, 1.807) is 0 Å². The Balaban J connectivity index is 1.84. The predicted molar refractivity (Wildman–Crippen MR) is 136 cm³/mol. The van der Waals surface area contributed by atoms with Gasteiger partial charge in [-0.15, -0.1) is 10.2 Å². The van der Waals surface area contributed by atoms with Crippen molar-refractivity contribution in [2.45, 2.75) is 26.7 Å². The first kappa shape index (κ1) is 20.9. The van der Waals surface area contributed by atoms with Gasteiger partial charge in [-0.1, -0.05) is 117 Å². The summed E-state index contributed by atoms with van der Waals surface area (Å²) in [6, 6.07) is 35.9. The Bertz CT molecular complexity index is 1350. The molecule has 0 aliphatic rings. The number of aryl methyl sites for hydroxylation is 2. The minimum atomic E-state index is 0.865. The molecule has 0 atom stereocenters. The lowest BCUT2D eigenvalue weighted by Crippen LogP contribution is -2.08. The Morgan fingerprint density at radius 1 is 0.515 bits per heavy atom. The van der Waals surface area contributed by atoms with Crippen LogP contribution in [0.3, 0.4) is 0 Å². The van der Waals surface area contributed by atoms with E-state index in [9.17, 15) is 0 Å². The molecule has 0 saturated heterocycles. The Hall–Kier alpha value is -3.98. The molecule has 0 unspecified atom stereocenters. The number of hydrogen-bond acceptors (Lipinski definition) is 2. The van der Waals surface area contributed by atoms with E-state index in [1.807, 2.05) is 12.1 Å². The highest BCUT2D eigenvalue weighted by atomic mass is 15.3. The maximum Gasteiger partial charge on any atom is 0.169 e. The molecule has 33 heavy (non-hydrogen) atoms. The largest absolute Gasteiger partial charge is 0.274 e. The summed E-state index contributed by atoms with van der Waals surface area (Å²) in [5.74, 6) is 1.73. The van der Waals surface area contributed by atoms with Gasteiger partial charge in [0.1, 0.15) is 0 Å². The second kappa shape index (κ2) is 9.25. The standard InChI is InChI=1S/C30H27N3/c1-3-22-18-13-19-23(4-2)28(22)33-29(25-16-9-6-10-17-25)31-32-30(33)27-21-12-11-20-26(27)24-14-7-5-8-15-24/h5-21H,3-4H2,1-2H3. The summed E-state index contributed by atoms with van der Waals surface area (Å²) < 4.78 is 2.27. The second-order valence-electron chi connectivity index (χ2n) is 8.09. The van der Waals surface area contributed by atoms with Crippen LogP contribution in [0, 0.1) is 0 Å². The van der Waals surface area contributed by atoms with Crippen LogP contribution in [0.2, 0.25) is 0 Å². The van der Waals surface area contributed by atoms with E-state index in [1.165, 1.54) is 22.4 Å². The maximum atomic E-state index is 4.79. The van der Waals surface area contributed by atoms with Gasteiger partial charge in [0.2, 0.25) is 0 Å². The van der Waals surface area contributed by atoms with Crippen LogP contribution in [0.25, 0.3) is 39.6 Å². The first-order valence-corrected chi connectivity index (χ1v) is 11.6. The Kier molecular flexibility index (Phi) is 5.86. The van der Waals surface area contributed by atoms with Crippen LogP contribution in [0.1, 0.15) is 25.0 Å². The van der Waals surface area contributed by atoms with Crippen molar-refractivity contribution in [3.05, 3.63) is 114 Å². The second-order valence-corrected chi connectivity index (χ2v) is 8.09. The van der Waals surface area contributed by atoms with Crippen molar-refractivity contribution in [3.63, 3.8) is 0 Å². The number of nitrogens with zero attached hydrogens (tertiary/aromatic N) is 3. The molecule has 162 valence electrons. The SMILES string of the molecule is CCc1cccc(CC)c1-n1c(-c2ccccc2)nnc1-c1ccccc1-c1ccccc1. The van der Waals surface area contributed by atoms with Gasteiger partial charge in [-0.3, -0.25) is 4.57 Å². The van der Waals surface area contributed by atoms with Gasteiger partial charge in [-0.25, -0.2) is 0 Å². The third-order valence-electron chi connectivity index (χ3n) is 6.14. The molecule has 0 aliphatic heterocycles. The Morgan fingerprint density at radius 3 is 1.64 bits per heavy atom. The predicted octanol–water partition coefficient (Wildman–Crippen LogP) is 7.39. The summed E-state index contributed by atoms with van der Waals surface area (Å²) in [6.45, 7) is 4.42. The fourth-order valence-corrected chi connectivity index (χ4v) is 4.49. The van der Waals surface area contributed by atoms with Gasteiger partial charge in [0.15, 0.2) is 11.6 Å². The topological polar surface area (TPSA) is 30.7 Å². The zero-order chi connectivity index (χ0) is 22.6. The Labute approximate surface area is 195 Å². The van der Waals surface area contributed by atoms with E-state index < -0.39 is 0 Å². The minimum absolute atomic E-state index is 0.865. The zero-order valence-electron chi connectivity index (χ0n) is 19.1. The molecule has 4 aromatic carbocycles. The molecule has 5 aromatic rings. The van der Waals surface area contributed by atoms with Crippen molar-refractivity contribution in [1.29, 1.82) is 0 Å².